The number of H-pyrrole nitrogens is 1. The number of hydrogen-bond acceptors (Lipinski definition) is 4. The molecule has 0 bridgehead atoms. The van der Waals surface area contributed by atoms with Crippen molar-refractivity contribution in [1.82, 2.24) is 19.9 Å². The summed E-state index contributed by atoms with van der Waals surface area (Å²) in [4.78, 5) is 27.7. The Kier molecular flexibility index (Phi) is 3.38. The molecule has 1 amide bonds. The lowest BCUT2D eigenvalue weighted by Crippen LogP contribution is -2.24. The first-order chi connectivity index (χ1) is 10.5. The molecule has 0 aliphatic carbocycles. The molecule has 0 atom stereocenters. The van der Waals surface area contributed by atoms with Gasteiger partial charge in [0.25, 0.3) is 11.5 Å². The molecule has 2 aromatic heterocycles. The summed E-state index contributed by atoms with van der Waals surface area (Å²) in [5.41, 5.74) is 8.51. The molecule has 7 heteroatoms. The van der Waals surface area contributed by atoms with Crippen LogP contribution in [0.15, 0.2) is 41.3 Å². The lowest BCUT2D eigenvalue weighted by Gasteiger charge is -2.09. The van der Waals surface area contributed by atoms with Gasteiger partial charge in [-0.15, -0.1) is 0 Å². The normalized spacial score (nSPS) is 10.8. The van der Waals surface area contributed by atoms with E-state index in [-0.39, 0.29) is 11.5 Å². The Balaban J connectivity index is 1.81. The van der Waals surface area contributed by atoms with Gasteiger partial charge in [0.05, 0.1) is 11.3 Å². The second-order valence-electron chi connectivity index (χ2n) is 5.00. The van der Waals surface area contributed by atoms with Crippen LogP contribution in [-0.2, 0) is 6.54 Å². The summed E-state index contributed by atoms with van der Waals surface area (Å²) in [5.74, 6) is -0.252. The Labute approximate surface area is 125 Å². The monoisotopic (exact) mass is 297 g/mol. The van der Waals surface area contributed by atoms with Gasteiger partial charge in [-0.25, -0.2) is 9.50 Å². The van der Waals surface area contributed by atoms with Gasteiger partial charge in [0.1, 0.15) is 0 Å². The molecule has 1 aromatic carbocycles. The molecule has 0 radical (unpaired) electrons. The Morgan fingerprint density at radius 1 is 1.36 bits per heavy atom. The summed E-state index contributed by atoms with van der Waals surface area (Å²) < 4.78 is 1.50. The van der Waals surface area contributed by atoms with Crippen LogP contribution in [0.1, 0.15) is 21.6 Å². The first kappa shape index (κ1) is 13.9. The third-order valence-electron chi connectivity index (χ3n) is 3.44. The van der Waals surface area contributed by atoms with E-state index in [2.05, 4.69) is 15.4 Å². The Hall–Kier alpha value is -3.09. The number of nitrogens with two attached hydrogens (primary N) is 1. The molecule has 3 rings (SSSR count). The number of nitrogens with one attached hydrogen (secondary N) is 2. The number of aryl methyl sites for hydroxylation is 1. The molecule has 112 valence electrons. The van der Waals surface area contributed by atoms with E-state index in [9.17, 15) is 9.59 Å². The summed E-state index contributed by atoms with van der Waals surface area (Å²) in [6.07, 6.45) is 1.47. The quantitative estimate of drug-likeness (QED) is 0.623. The van der Waals surface area contributed by atoms with E-state index < -0.39 is 0 Å². The molecule has 7 nitrogen and oxygen atoms in total. The molecule has 0 spiro atoms. The molecule has 2 heterocycles. The minimum atomic E-state index is -0.255. The number of hydrogen-bond donors (Lipinski definition) is 3. The first-order valence-corrected chi connectivity index (χ1v) is 6.74. The maximum atomic E-state index is 12.3. The minimum absolute atomic E-state index is 0.252. The van der Waals surface area contributed by atoms with Gasteiger partial charge in [0, 0.05) is 24.5 Å². The summed E-state index contributed by atoms with van der Waals surface area (Å²) in [6.45, 7) is 2.14. The van der Waals surface area contributed by atoms with Crippen LogP contribution in [0.3, 0.4) is 0 Å². The van der Waals surface area contributed by atoms with Crippen molar-refractivity contribution in [3.63, 3.8) is 0 Å². The molecule has 0 unspecified atom stereocenters. The van der Waals surface area contributed by atoms with Crippen LogP contribution in [-0.4, -0.2) is 20.5 Å². The number of rotatable bonds is 3. The van der Waals surface area contributed by atoms with E-state index in [0.29, 0.717) is 29.1 Å². The van der Waals surface area contributed by atoms with E-state index in [1.807, 2.05) is 12.1 Å². The van der Waals surface area contributed by atoms with Gasteiger partial charge in [-0.05, 0) is 24.6 Å². The zero-order chi connectivity index (χ0) is 15.7. The highest BCUT2D eigenvalue weighted by Crippen LogP contribution is 2.09. The van der Waals surface area contributed by atoms with E-state index in [4.69, 9.17) is 5.73 Å². The number of benzene rings is 1. The molecule has 0 saturated carbocycles. The van der Waals surface area contributed by atoms with Crippen molar-refractivity contribution in [2.24, 2.45) is 0 Å². The summed E-state index contributed by atoms with van der Waals surface area (Å²) >= 11 is 0. The molecular formula is C15H15N5O2. The lowest BCUT2D eigenvalue weighted by molar-refractivity contribution is 0.0949. The number of carbonyl (C=O) groups is 1. The number of fused-ring (bicyclic) bond motifs is 1. The van der Waals surface area contributed by atoms with Gasteiger partial charge >= 0.3 is 0 Å². The number of anilines is 1. The van der Waals surface area contributed by atoms with Gasteiger partial charge in [0.15, 0.2) is 5.65 Å². The molecule has 3 aromatic rings. The smallest absolute Gasteiger partial charge is 0.266 e. The van der Waals surface area contributed by atoms with Gasteiger partial charge in [-0.1, -0.05) is 12.1 Å². The number of aromatic amines is 1. The fourth-order valence-corrected chi connectivity index (χ4v) is 2.21. The molecule has 0 aliphatic heterocycles. The van der Waals surface area contributed by atoms with Crippen molar-refractivity contribution in [2.75, 3.05) is 5.73 Å². The molecule has 0 saturated heterocycles. The number of amides is 1. The van der Waals surface area contributed by atoms with Crippen LogP contribution in [0, 0.1) is 6.92 Å². The van der Waals surface area contributed by atoms with Crippen LogP contribution in [0.4, 0.5) is 5.69 Å². The topological polar surface area (TPSA) is 105 Å². The Bertz CT molecular complexity index is 892. The predicted octanol–water partition coefficient (Wildman–Crippen LogP) is 0.843. The van der Waals surface area contributed by atoms with Crippen molar-refractivity contribution >= 4 is 17.2 Å². The average molecular weight is 297 g/mol. The number of nitrogens with zero attached hydrogens (tertiary/aromatic N) is 2. The van der Waals surface area contributed by atoms with Gasteiger partial charge in [0.2, 0.25) is 0 Å². The number of nitrogen functional groups attached to an aromatic ring is 1. The Morgan fingerprint density at radius 3 is 2.82 bits per heavy atom. The third kappa shape index (κ3) is 2.56. The van der Waals surface area contributed by atoms with Gasteiger partial charge in [-0.2, -0.15) is 0 Å². The standard InChI is InChI=1S/C15H15N5O2/c1-9-12(8-17-13-6-14(21)19-20(9)13)15(22)18-7-10-2-4-11(16)5-3-10/h2-6,8H,7,16H2,1H3,(H,18,22)(H,19,21). The first-order valence-electron chi connectivity index (χ1n) is 6.74. The summed E-state index contributed by atoms with van der Waals surface area (Å²) in [6, 6.07) is 8.65. The van der Waals surface area contributed by atoms with E-state index in [1.54, 1.807) is 19.1 Å². The largest absolute Gasteiger partial charge is 0.399 e. The third-order valence-corrected chi connectivity index (χ3v) is 3.44. The number of carbonyl (C=O) groups excluding carboxylic acids is 1. The highest BCUT2D eigenvalue weighted by molar-refractivity contribution is 5.95. The fraction of sp³-hybridized carbons (Fsp3) is 0.133. The SMILES string of the molecule is Cc1c(C(=O)NCc2ccc(N)cc2)cnc2cc(=O)[nH]n12. The molecule has 0 aliphatic rings. The van der Waals surface area contributed by atoms with Gasteiger partial charge < -0.3 is 11.1 Å². The van der Waals surface area contributed by atoms with Crippen molar-refractivity contribution in [3.8, 4) is 0 Å². The van der Waals surface area contributed by atoms with Crippen molar-refractivity contribution in [1.29, 1.82) is 0 Å². The number of aromatic nitrogens is 3. The Morgan fingerprint density at radius 2 is 2.09 bits per heavy atom. The van der Waals surface area contributed by atoms with Crippen LogP contribution in [0.5, 0.6) is 0 Å². The average Bonchev–Trinajstić information content (AvgIpc) is 2.88. The second kappa shape index (κ2) is 5.36. The highest BCUT2D eigenvalue weighted by atomic mass is 16.1. The predicted molar refractivity (Wildman–Crippen MR) is 82.6 cm³/mol. The second-order valence-corrected chi connectivity index (χ2v) is 5.00. The highest BCUT2D eigenvalue weighted by Gasteiger charge is 2.13. The zero-order valence-corrected chi connectivity index (χ0v) is 12.0. The zero-order valence-electron chi connectivity index (χ0n) is 12.0. The molecule has 4 N–H and O–H groups in total. The van der Waals surface area contributed by atoms with Crippen molar-refractivity contribution in [3.05, 3.63) is 63.7 Å². The van der Waals surface area contributed by atoms with Crippen molar-refractivity contribution < 1.29 is 4.79 Å². The van der Waals surface area contributed by atoms with Gasteiger partial charge in [-0.3, -0.25) is 14.7 Å². The molecule has 0 fully saturated rings. The summed E-state index contributed by atoms with van der Waals surface area (Å²) in [5, 5.41) is 5.43. The lowest BCUT2D eigenvalue weighted by atomic mass is 10.2. The van der Waals surface area contributed by atoms with Crippen LogP contribution in [0.25, 0.3) is 5.65 Å². The van der Waals surface area contributed by atoms with E-state index in [0.717, 1.165) is 5.56 Å². The van der Waals surface area contributed by atoms with Crippen molar-refractivity contribution in [2.45, 2.75) is 13.5 Å². The maximum absolute atomic E-state index is 12.3. The van der Waals surface area contributed by atoms with Crippen LogP contribution < -0.4 is 16.6 Å². The van der Waals surface area contributed by atoms with E-state index in [1.165, 1.54) is 16.8 Å². The minimum Gasteiger partial charge on any atom is -0.399 e. The fourth-order valence-electron chi connectivity index (χ4n) is 2.21. The van der Waals surface area contributed by atoms with E-state index >= 15 is 0 Å². The molecule has 22 heavy (non-hydrogen) atoms. The van der Waals surface area contributed by atoms with Crippen LogP contribution >= 0.6 is 0 Å². The summed E-state index contributed by atoms with van der Waals surface area (Å²) in [7, 11) is 0. The molecular weight excluding hydrogens is 282 g/mol. The maximum Gasteiger partial charge on any atom is 0.266 e. The van der Waals surface area contributed by atoms with Crippen LogP contribution in [0.2, 0.25) is 0 Å².